The SMILES string of the molecule is CN(C)C(=O)Cc1c(F)cc(F)cc1OCC[C@H]1C[C@@H]1C1CCNCC1. The van der Waals surface area contributed by atoms with Gasteiger partial charge in [0.05, 0.1) is 13.0 Å². The minimum Gasteiger partial charge on any atom is -0.493 e. The van der Waals surface area contributed by atoms with E-state index in [-0.39, 0.29) is 23.6 Å². The minimum absolute atomic E-state index is 0.129. The third-order valence-electron chi connectivity index (χ3n) is 5.66. The first-order valence-electron chi connectivity index (χ1n) is 9.47. The zero-order valence-corrected chi connectivity index (χ0v) is 15.6. The fraction of sp³-hybridized carbons (Fsp3) is 0.650. The first-order valence-corrected chi connectivity index (χ1v) is 9.47. The van der Waals surface area contributed by atoms with E-state index in [1.807, 2.05) is 0 Å². The topological polar surface area (TPSA) is 41.6 Å². The molecule has 1 aliphatic carbocycles. The molecule has 0 spiro atoms. The maximum absolute atomic E-state index is 14.1. The normalized spacial score (nSPS) is 22.9. The number of hydrogen-bond acceptors (Lipinski definition) is 3. The van der Waals surface area contributed by atoms with E-state index < -0.39 is 11.6 Å². The van der Waals surface area contributed by atoms with Crippen LogP contribution >= 0.6 is 0 Å². The van der Waals surface area contributed by atoms with Crippen LogP contribution in [0.5, 0.6) is 5.75 Å². The van der Waals surface area contributed by atoms with Crippen molar-refractivity contribution in [3.05, 3.63) is 29.3 Å². The van der Waals surface area contributed by atoms with Crippen LogP contribution in [0.25, 0.3) is 0 Å². The Balaban J connectivity index is 1.55. The molecule has 1 saturated heterocycles. The van der Waals surface area contributed by atoms with Crippen molar-refractivity contribution in [1.29, 1.82) is 0 Å². The number of carbonyl (C=O) groups is 1. The molecule has 3 rings (SSSR count). The third-order valence-corrected chi connectivity index (χ3v) is 5.66. The van der Waals surface area contributed by atoms with E-state index in [1.54, 1.807) is 14.1 Å². The van der Waals surface area contributed by atoms with Gasteiger partial charge in [-0.05, 0) is 56.5 Å². The van der Waals surface area contributed by atoms with Gasteiger partial charge in [0.25, 0.3) is 0 Å². The number of amides is 1. The molecule has 2 aliphatic rings. The van der Waals surface area contributed by atoms with Gasteiger partial charge in [0, 0.05) is 31.8 Å². The van der Waals surface area contributed by atoms with Gasteiger partial charge in [-0.2, -0.15) is 0 Å². The molecule has 0 aromatic heterocycles. The van der Waals surface area contributed by atoms with E-state index in [4.69, 9.17) is 4.74 Å². The van der Waals surface area contributed by atoms with Crippen LogP contribution < -0.4 is 10.1 Å². The predicted octanol–water partition coefficient (Wildman–Crippen LogP) is 3.00. The van der Waals surface area contributed by atoms with Gasteiger partial charge in [-0.3, -0.25) is 4.79 Å². The van der Waals surface area contributed by atoms with Crippen LogP contribution in [-0.2, 0) is 11.2 Å². The molecule has 1 aromatic rings. The quantitative estimate of drug-likeness (QED) is 0.807. The third kappa shape index (κ3) is 4.72. The van der Waals surface area contributed by atoms with Crippen molar-refractivity contribution in [3.63, 3.8) is 0 Å². The molecule has 2 fully saturated rings. The molecule has 1 aromatic carbocycles. The highest BCUT2D eigenvalue weighted by Crippen LogP contribution is 2.49. The number of piperidine rings is 1. The molecule has 1 amide bonds. The number of halogens is 2. The Bertz CT molecular complexity index is 645. The van der Waals surface area contributed by atoms with Gasteiger partial charge in [0.1, 0.15) is 17.4 Å². The smallest absolute Gasteiger partial charge is 0.226 e. The summed E-state index contributed by atoms with van der Waals surface area (Å²) < 4.78 is 33.4. The van der Waals surface area contributed by atoms with Crippen molar-refractivity contribution in [1.82, 2.24) is 10.2 Å². The van der Waals surface area contributed by atoms with Crippen LogP contribution in [0, 0.1) is 29.4 Å². The molecular formula is C20H28F2N2O2. The second kappa shape index (κ2) is 8.33. The van der Waals surface area contributed by atoms with Crippen LogP contribution in [0.1, 0.15) is 31.2 Å². The Labute approximate surface area is 153 Å². The molecule has 2 atom stereocenters. The molecule has 26 heavy (non-hydrogen) atoms. The highest BCUT2D eigenvalue weighted by atomic mass is 19.1. The fourth-order valence-electron chi connectivity index (χ4n) is 3.96. The minimum atomic E-state index is -0.728. The maximum Gasteiger partial charge on any atom is 0.226 e. The van der Waals surface area contributed by atoms with Gasteiger partial charge in [0.2, 0.25) is 5.91 Å². The number of nitrogens with zero attached hydrogens (tertiary/aromatic N) is 1. The van der Waals surface area contributed by atoms with E-state index in [0.29, 0.717) is 12.5 Å². The van der Waals surface area contributed by atoms with Crippen molar-refractivity contribution in [2.75, 3.05) is 33.8 Å². The molecule has 1 heterocycles. The first kappa shape index (κ1) is 19.1. The van der Waals surface area contributed by atoms with Crippen LogP contribution in [-0.4, -0.2) is 44.6 Å². The monoisotopic (exact) mass is 366 g/mol. The molecule has 0 radical (unpaired) electrons. The first-order chi connectivity index (χ1) is 12.5. The summed E-state index contributed by atoms with van der Waals surface area (Å²) in [4.78, 5) is 13.3. The number of carbonyl (C=O) groups excluding carboxylic acids is 1. The highest BCUT2D eigenvalue weighted by Gasteiger charge is 2.42. The summed E-state index contributed by atoms with van der Waals surface area (Å²) in [5, 5.41) is 3.39. The van der Waals surface area contributed by atoms with Gasteiger partial charge >= 0.3 is 0 Å². The average Bonchev–Trinajstić information content (AvgIpc) is 3.38. The largest absolute Gasteiger partial charge is 0.493 e. The zero-order valence-electron chi connectivity index (χ0n) is 15.6. The summed E-state index contributed by atoms with van der Waals surface area (Å²) in [7, 11) is 3.22. The Morgan fingerprint density at radius 3 is 2.69 bits per heavy atom. The standard InChI is InChI=1S/C20H28F2N2O2/c1-24(2)20(25)12-17-18(22)10-15(21)11-19(17)26-8-5-14-9-16(14)13-3-6-23-7-4-13/h10-11,13-14,16,23H,3-9,12H2,1-2H3/t14-,16+/m0/s1. The van der Waals surface area contributed by atoms with E-state index >= 15 is 0 Å². The Morgan fingerprint density at radius 2 is 2.00 bits per heavy atom. The summed E-state index contributed by atoms with van der Waals surface area (Å²) in [6.07, 6.45) is 4.49. The van der Waals surface area contributed by atoms with Gasteiger partial charge < -0.3 is 15.0 Å². The molecule has 1 N–H and O–H groups in total. The summed E-state index contributed by atoms with van der Waals surface area (Å²) in [5.74, 6) is 0.737. The summed E-state index contributed by atoms with van der Waals surface area (Å²) in [6.45, 7) is 2.64. The van der Waals surface area contributed by atoms with Crippen molar-refractivity contribution in [2.24, 2.45) is 17.8 Å². The lowest BCUT2D eigenvalue weighted by Crippen LogP contribution is -2.29. The Kier molecular flexibility index (Phi) is 6.12. The molecule has 1 aliphatic heterocycles. The predicted molar refractivity (Wildman–Crippen MR) is 96.1 cm³/mol. The number of ether oxygens (including phenoxy) is 1. The van der Waals surface area contributed by atoms with E-state index in [1.165, 1.54) is 30.2 Å². The lowest BCUT2D eigenvalue weighted by molar-refractivity contribution is -0.128. The van der Waals surface area contributed by atoms with E-state index in [9.17, 15) is 13.6 Å². The van der Waals surface area contributed by atoms with Crippen molar-refractivity contribution >= 4 is 5.91 Å². The molecular weight excluding hydrogens is 338 g/mol. The molecule has 1 saturated carbocycles. The average molecular weight is 366 g/mol. The summed E-state index contributed by atoms with van der Waals surface area (Å²) >= 11 is 0. The molecule has 0 bridgehead atoms. The van der Waals surface area contributed by atoms with E-state index in [2.05, 4.69) is 5.32 Å². The summed E-state index contributed by atoms with van der Waals surface area (Å²) in [6, 6.07) is 1.98. The second-order valence-electron chi connectivity index (χ2n) is 7.71. The lowest BCUT2D eigenvalue weighted by atomic mass is 9.91. The highest BCUT2D eigenvalue weighted by molar-refractivity contribution is 5.79. The maximum atomic E-state index is 14.1. The van der Waals surface area contributed by atoms with Crippen LogP contribution in [0.3, 0.4) is 0 Å². The van der Waals surface area contributed by atoms with Gasteiger partial charge in [-0.25, -0.2) is 8.78 Å². The van der Waals surface area contributed by atoms with Crippen LogP contribution in [0.15, 0.2) is 12.1 Å². The van der Waals surface area contributed by atoms with Gasteiger partial charge in [0.15, 0.2) is 0 Å². The number of likely N-dealkylation sites (N-methyl/N-ethyl adjacent to an activating group) is 1. The molecule has 4 nitrogen and oxygen atoms in total. The lowest BCUT2D eigenvalue weighted by Gasteiger charge is -2.22. The number of nitrogens with one attached hydrogen (secondary N) is 1. The fourth-order valence-corrected chi connectivity index (χ4v) is 3.96. The molecule has 144 valence electrons. The van der Waals surface area contributed by atoms with Crippen molar-refractivity contribution in [3.8, 4) is 5.75 Å². The van der Waals surface area contributed by atoms with Crippen molar-refractivity contribution in [2.45, 2.75) is 32.1 Å². The van der Waals surface area contributed by atoms with Crippen molar-refractivity contribution < 1.29 is 18.3 Å². The van der Waals surface area contributed by atoms with Crippen LogP contribution in [0.4, 0.5) is 8.78 Å². The summed E-state index contributed by atoms with van der Waals surface area (Å²) in [5.41, 5.74) is 0.135. The Hall–Kier alpha value is -1.69. The molecule has 6 heteroatoms. The number of hydrogen-bond donors (Lipinski definition) is 1. The van der Waals surface area contributed by atoms with Gasteiger partial charge in [-0.15, -0.1) is 0 Å². The van der Waals surface area contributed by atoms with Crippen LogP contribution in [0.2, 0.25) is 0 Å². The zero-order chi connectivity index (χ0) is 18.7. The number of rotatable bonds is 7. The van der Waals surface area contributed by atoms with E-state index in [0.717, 1.165) is 37.4 Å². The second-order valence-corrected chi connectivity index (χ2v) is 7.71. The Morgan fingerprint density at radius 1 is 1.27 bits per heavy atom. The number of benzene rings is 1. The molecule has 0 unspecified atom stereocenters. The van der Waals surface area contributed by atoms with Gasteiger partial charge in [-0.1, -0.05) is 0 Å².